The Labute approximate surface area is 131 Å². The first kappa shape index (κ1) is 13.8. The van der Waals surface area contributed by atoms with Gasteiger partial charge in [-0.05, 0) is 37.1 Å². The van der Waals surface area contributed by atoms with E-state index >= 15 is 0 Å². The predicted molar refractivity (Wildman–Crippen MR) is 82.6 cm³/mol. The molecule has 1 saturated heterocycles. The van der Waals surface area contributed by atoms with Gasteiger partial charge in [0.1, 0.15) is 6.10 Å². The molecule has 0 saturated carbocycles. The van der Waals surface area contributed by atoms with Crippen LogP contribution in [0.25, 0.3) is 22.2 Å². The number of hydrogen-bond acceptors (Lipinski definition) is 6. The Kier molecular flexibility index (Phi) is 3.47. The van der Waals surface area contributed by atoms with Crippen molar-refractivity contribution in [1.82, 2.24) is 15.2 Å². The molecular weight excluding hydrogens is 296 g/mol. The van der Waals surface area contributed by atoms with E-state index in [-0.39, 0.29) is 5.91 Å². The summed E-state index contributed by atoms with van der Waals surface area (Å²) >= 11 is 0. The van der Waals surface area contributed by atoms with Crippen molar-refractivity contribution in [3.05, 3.63) is 36.9 Å². The molecule has 7 heteroatoms. The Hall–Kier alpha value is -2.80. The third-order valence-electron chi connectivity index (χ3n) is 3.78. The molecule has 1 aliphatic heterocycles. The average Bonchev–Trinajstić information content (AvgIpc) is 3.27. The standard InChI is InChI=1S/C16H14N4O3/c21-16(13-2-1-5-22-13)18-15-7-11-6-10(14-8-17-9-23-14)3-4-12(11)19-20-15/h3-4,6-9,13H,1-2,5H2,(H,18,20,21)/t13-/m1/s1. The molecule has 116 valence electrons. The smallest absolute Gasteiger partial charge is 0.254 e. The van der Waals surface area contributed by atoms with Crippen molar-refractivity contribution in [2.75, 3.05) is 11.9 Å². The molecule has 0 aliphatic carbocycles. The Bertz CT molecular complexity index is 842. The fraction of sp³-hybridized carbons (Fsp3) is 0.250. The van der Waals surface area contributed by atoms with Gasteiger partial charge in [-0.15, -0.1) is 10.2 Å². The largest absolute Gasteiger partial charge is 0.444 e. The van der Waals surface area contributed by atoms with Crippen molar-refractivity contribution >= 4 is 22.6 Å². The number of nitrogens with zero attached hydrogens (tertiary/aromatic N) is 3. The first-order valence-electron chi connectivity index (χ1n) is 7.38. The van der Waals surface area contributed by atoms with Gasteiger partial charge in [0.2, 0.25) is 0 Å². The zero-order valence-corrected chi connectivity index (χ0v) is 12.2. The maximum Gasteiger partial charge on any atom is 0.254 e. The minimum atomic E-state index is -0.395. The van der Waals surface area contributed by atoms with Crippen LogP contribution in [0, 0.1) is 0 Å². The summed E-state index contributed by atoms with van der Waals surface area (Å²) in [6.07, 6.45) is 4.28. The number of nitrogens with one attached hydrogen (secondary N) is 1. The number of rotatable bonds is 3. The number of carbonyl (C=O) groups excluding carboxylic acids is 1. The Morgan fingerprint density at radius 3 is 3.00 bits per heavy atom. The van der Waals surface area contributed by atoms with Crippen LogP contribution in [0.4, 0.5) is 5.82 Å². The monoisotopic (exact) mass is 310 g/mol. The van der Waals surface area contributed by atoms with Gasteiger partial charge < -0.3 is 14.5 Å². The second-order valence-corrected chi connectivity index (χ2v) is 5.36. The van der Waals surface area contributed by atoms with Gasteiger partial charge in [-0.2, -0.15) is 0 Å². The van der Waals surface area contributed by atoms with Crippen molar-refractivity contribution in [1.29, 1.82) is 0 Å². The lowest BCUT2D eigenvalue weighted by atomic mass is 10.1. The summed E-state index contributed by atoms with van der Waals surface area (Å²) in [5, 5.41) is 11.8. The van der Waals surface area contributed by atoms with Gasteiger partial charge in [0.25, 0.3) is 5.91 Å². The van der Waals surface area contributed by atoms with Crippen LogP contribution in [0.5, 0.6) is 0 Å². The first-order chi connectivity index (χ1) is 11.3. The molecule has 0 unspecified atom stereocenters. The SMILES string of the molecule is O=C(Nc1cc2cc(-c3cnco3)ccc2nn1)[C@H]1CCCO1. The first-order valence-corrected chi connectivity index (χ1v) is 7.38. The highest BCUT2D eigenvalue weighted by Gasteiger charge is 2.23. The predicted octanol–water partition coefficient (Wildman–Crippen LogP) is 2.40. The van der Waals surface area contributed by atoms with E-state index in [0.717, 1.165) is 29.3 Å². The highest BCUT2D eigenvalue weighted by Crippen LogP contribution is 2.24. The van der Waals surface area contributed by atoms with E-state index in [4.69, 9.17) is 9.15 Å². The van der Waals surface area contributed by atoms with E-state index in [1.54, 1.807) is 12.3 Å². The summed E-state index contributed by atoms with van der Waals surface area (Å²) in [6.45, 7) is 0.627. The van der Waals surface area contributed by atoms with E-state index in [1.807, 2.05) is 18.2 Å². The molecule has 23 heavy (non-hydrogen) atoms. The van der Waals surface area contributed by atoms with Crippen molar-refractivity contribution in [3.63, 3.8) is 0 Å². The van der Waals surface area contributed by atoms with Crippen LogP contribution in [0.3, 0.4) is 0 Å². The van der Waals surface area contributed by atoms with Gasteiger partial charge in [0.05, 0.1) is 11.7 Å². The molecule has 7 nitrogen and oxygen atoms in total. The summed E-state index contributed by atoms with van der Waals surface area (Å²) in [5.41, 5.74) is 1.63. The lowest BCUT2D eigenvalue weighted by molar-refractivity contribution is -0.124. The van der Waals surface area contributed by atoms with E-state index in [2.05, 4.69) is 20.5 Å². The van der Waals surface area contributed by atoms with Crippen molar-refractivity contribution < 1.29 is 13.9 Å². The molecule has 1 aromatic carbocycles. The van der Waals surface area contributed by atoms with Gasteiger partial charge in [-0.25, -0.2) is 4.98 Å². The number of hydrogen-bond donors (Lipinski definition) is 1. The molecule has 1 amide bonds. The van der Waals surface area contributed by atoms with Gasteiger partial charge in [0, 0.05) is 17.6 Å². The Morgan fingerprint density at radius 2 is 2.22 bits per heavy atom. The number of ether oxygens (including phenoxy) is 1. The zero-order valence-electron chi connectivity index (χ0n) is 12.2. The lowest BCUT2D eigenvalue weighted by Crippen LogP contribution is -2.27. The number of oxazole rings is 1. The van der Waals surface area contributed by atoms with Gasteiger partial charge in [0.15, 0.2) is 18.0 Å². The summed E-state index contributed by atoms with van der Waals surface area (Å²) < 4.78 is 10.7. The van der Waals surface area contributed by atoms with E-state index < -0.39 is 6.10 Å². The topological polar surface area (TPSA) is 90.1 Å². The highest BCUT2D eigenvalue weighted by molar-refractivity contribution is 5.95. The maximum atomic E-state index is 12.1. The second kappa shape index (κ2) is 5.77. The number of anilines is 1. The summed E-state index contributed by atoms with van der Waals surface area (Å²) in [4.78, 5) is 16.0. The fourth-order valence-corrected chi connectivity index (χ4v) is 2.61. The van der Waals surface area contributed by atoms with E-state index in [1.165, 1.54) is 6.39 Å². The van der Waals surface area contributed by atoms with Gasteiger partial charge >= 0.3 is 0 Å². The highest BCUT2D eigenvalue weighted by atomic mass is 16.5. The second-order valence-electron chi connectivity index (χ2n) is 5.36. The normalized spacial score (nSPS) is 17.5. The number of aromatic nitrogens is 3. The lowest BCUT2D eigenvalue weighted by Gasteiger charge is -2.09. The number of carbonyl (C=O) groups is 1. The maximum absolute atomic E-state index is 12.1. The average molecular weight is 310 g/mol. The molecule has 0 bridgehead atoms. The molecule has 3 heterocycles. The number of fused-ring (bicyclic) bond motifs is 1. The van der Waals surface area contributed by atoms with Crippen LogP contribution in [-0.2, 0) is 9.53 Å². The molecule has 1 N–H and O–H groups in total. The molecule has 1 atom stereocenters. The third-order valence-corrected chi connectivity index (χ3v) is 3.78. The minimum Gasteiger partial charge on any atom is -0.444 e. The zero-order chi connectivity index (χ0) is 15.6. The molecule has 4 rings (SSSR count). The molecule has 3 aromatic rings. The quantitative estimate of drug-likeness (QED) is 0.799. The molecule has 0 spiro atoms. The molecule has 2 aromatic heterocycles. The van der Waals surface area contributed by atoms with Crippen molar-refractivity contribution in [2.45, 2.75) is 18.9 Å². The summed E-state index contributed by atoms with van der Waals surface area (Å²) in [6, 6.07) is 7.45. The third kappa shape index (κ3) is 2.78. The van der Waals surface area contributed by atoms with Crippen LogP contribution in [0.2, 0.25) is 0 Å². The fourth-order valence-electron chi connectivity index (χ4n) is 2.61. The summed E-state index contributed by atoms with van der Waals surface area (Å²) in [7, 11) is 0. The molecule has 1 fully saturated rings. The molecular formula is C16H14N4O3. The summed E-state index contributed by atoms with van der Waals surface area (Å²) in [5.74, 6) is 0.906. The minimum absolute atomic E-state index is 0.178. The van der Waals surface area contributed by atoms with Crippen LogP contribution < -0.4 is 5.32 Å². The number of amides is 1. The van der Waals surface area contributed by atoms with Crippen LogP contribution in [0.15, 0.2) is 41.3 Å². The van der Waals surface area contributed by atoms with Gasteiger partial charge in [-0.3, -0.25) is 4.79 Å². The Morgan fingerprint density at radius 1 is 1.26 bits per heavy atom. The Balaban J connectivity index is 1.62. The van der Waals surface area contributed by atoms with Crippen LogP contribution in [0.1, 0.15) is 12.8 Å². The van der Waals surface area contributed by atoms with Crippen LogP contribution >= 0.6 is 0 Å². The number of benzene rings is 1. The molecule has 0 radical (unpaired) electrons. The van der Waals surface area contributed by atoms with Crippen molar-refractivity contribution in [3.8, 4) is 11.3 Å². The van der Waals surface area contributed by atoms with E-state index in [9.17, 15) is 4.79 Å². The van der Waals surface area contributed by atoms with Crippen molar-refractivity contribution in [2.24, 2.45) is 0 Å². The van der Waals surface area contributed by atoms with E-state index in [0.29, 0.717) is 18.2 Å². The van der Waals surface area contributed by atoms with Gasteiger partial charge in [-0.1, -0.05) is 0 Å². The molecule has 1 aliphatic rings. The van der Waals surface area contributed by atoms with Crippen LogP contribution in [-0.4, -0.2) is 33.8 Å².